The van der Waals surface area contributed by atoms with E-state index in [0.29, 0.717) is 12.5 Å². The second kappa shape index (κ2) is 6.31. The Labute approximate surface area is 117 Å². The maximum Gasteiger partial charge on any atom is 0.248 e. The lowest BCUT2D eigenvalue weighted by Crippen LogP contribution is -2.33. The number of nitrogens with zero attached hydrogens (tertiary/aromatic N) is 1. The molecule has 0 aromatic heterocycles. The molecule has 2 rings (SSSR count). The van der Waals surface area contributed by atoms with Gasteiger partial charge in [-0.15, -0.1) is 0 Å². The van der Waals surface area contributed by atoms with Gasteiger partial charge in [-0.05, 0) is 43.9 Å². The Bertz CT molecular complexity index is 489. The first-order valence-corrected chi connectivity index (χ1v) is 6.77. The zero-order valence-corrected chi connectivity index (χ0v) is 11.7. The molecule has 1 saturated carbocycles. The topological polar surface area (TPSA) is 29.5 Å². The number of rotatable bonds is 6. The largest absolute Gasteiger partial charge is 0.371 e. The molecule has 0 bridgehead atoms. The quantitative estimate of drug-likeness (QED) is 0.803. The van der Waals surface area contributed by atoms with Crippen LogP contribution in [0.2, 0.25) is 0 Å². The molecule has 5 heteroatoms. The molecule has 1 aliphatic carbocycles. The average Bonchev–Trinajstić information content (AvgIpc) is 3.24. The number of likely N-dealkylation sites (N-methyl/N-ethyl adjacent to an activating group) is 1. The summed E-state index contributed by atoms with van der Waals surface area (Å²) in [5, 5.41) is 0. The van der Waals surface area contributed by atoms with Gasteiger partial charge in [0.05, 0.1) is 12.6 Å². The number of benzene rings is 1. The van der Waals surface area contributed by atoms with Crippen LogP contribution in [0.5, 0.6) is 0 Å². The summed E-state index contributed by atoms with van der Waals surface area (Å²) in [4.78, 5) is 13.3. The van der Waals surface area contributed by atoms with E-state index in [0.717, 1.165) is 31.0 Å². The molecule has 0 radical (unpaired) electrons. The fraction of sp³-hybridized carbons (Fsp3) is 0.533. The zero-order chi connectivity index (χ0) is 14.7. The van der Waals surface area contributed by atoms with Crippen molar-refractivity contribution < 1.29 is 18.3 Å². The molecule has 1 atom stereocenters. The lowest BCUT2D eigenvalue weighted by Gasteiger charge is -2.25. The molecule has 1 aromatic carbocycles. The second-order valence-electron chi connectivity index (χ2n) is 5.30. The zero-order valence-electron chi connectivity index (χ0n) is 11.7. The van der Waals surface area contributed by atoms with E-state index in [4.69, 9.17) is 4.74 Å². The lowest BCUT2D eigenvalue weighted by atomic mass is 10.1. The highest BCUT2D eigenvalue weighted by atomic mass is 19.1. The third-order valence-electron chi connectivity index (χ3n) is 3.66. The summed E-state index contributed by atoms with van der Waals surface area (Å²) >= 11 is 0. The van der Waals surface area contributed by atoms with Gasteiger partial charge in [0, 0.05) is 12.6 Å². The predicted molar refractivity (Wildman–Crippen MR) is 71.1 cm³/mol. The van der Waals surface area contributed by atoms with Gasteiger partial charge in [0.15, 0.2) is 0 Å². The van der Waals surface area contributed by atoms with E-state index in [1.807, 2.05) is 0 Å². The van der Waals surface area contributed by atoms with Crippen LogP contribution in [-0.2, 0) is 9.53 Å². The van der Waals surface area contributed by atoms with Crippen LogP contribution in [0.1, 0.15) is 31.4 Å². The number of carbonyl (C=O) groups is 1. The van der Waals surface area contributed by atoms with Crippen LogP contribution in [-0.4, -0.2) is 31.1 Å². The Morgan fingerprint density at radius 2 is 2.15 bits per heavy atom. The maximum atomic E-state index is 13.7. The minimum atomic E-state index is -0.539. The number of amides is 1. The van der Waals surface area contributed by atoms with Crippen LogP contribution in [0.4, 0.5) is 8.78 Å². The van der Waals surface area contributed by atoms with Gasteiger partial charge in [0.2, 0.25) is 5.91 Å². The second-order valence-corrected chi connectivity index (χ2v) is 5.30. The van der Waals surface area contributed by atoms with Gasteiger partial charge in [-0.3, -0.25) is 4.79 Å². The number of halogens is 2. The fourth-order valence-corrected chi connectivity index (χ4v) is 1.96. The number of carbonyl (C=O) groups excluding carboxylic acids is 1. The number of hydrogen-bond acceptors (Lipinski definition) is 2. The van der Waals surface area contributed by atoms with Gasteiger partial charge in [0.1, 0.15) is 18.2 Å². The molecule has 1 unspecified atom stereocenters. The van der Waals surface area contributed by atoms with E-state index in [1.54, 1.807) is 14.0 Å². The van der Waals surface area contributed by atoms with Gasteiger partial charge in [-0.2, -0.15) is 0 Å². The Balaban J connectivity index is 1.93. The van der Waals surface area contributed by atoms with Crippen LogP contribution in [0, 0.1) is 17.6 Å². The summed E-state index contributed by atoms with van der Waals surface area (Å²) in [5.74, 6) is -0.676. The fourth-order valence-electron chi connectivity index (χ4n) is 1.96. The van der Waals surface area contributed by atoms with Crippen molar-refractivity contribution in [3.63, 3.8) is 0 Å². The smallest absolute Gasteiger partial charge is 0.248 e. The van der Waals surface area contributed by atoms with E-state index < -0.39 is 17.7 Å². The molecule has 110 valence electrons. The average molecular weight is 283 g/mol. The minimum absolute atomic E-state index is 0.0196. The molecule has 0 heterocycles. The molecule has 0 N–H and O–H groups in total. The van der Waals surface area contributed by atoms with Gasteiger partial charge in [0.25, 0.3) is 0 Å². The minimum Gasteiger partial charge on any atom is -0.371 e. The molecular weight excluding hydrogens is 264 g/mol. The van der Waals surface area contributed by atoms with Crippen LogP contribution in [0.3, 0.4) is 0 Å². The molecule has 1 amide bonds. The lowest BCUT2D eigenvalue weighted by molar-refractivity contribution is -0.136. The summed E-state index contributed by atoms with van der Waals surface area (Å²) in [5.41, 5.74) is 0.169. The predicted octanol–water partition coefficient (Wildman–Crippen LogP) is 2.91. The van der Waals surface area contributed by atoms with Crippen LogP contribution in [0.25, 0.3) is 0 Å². The summed E-state index contributed by atoms with van der Waals surface area (Å²) in [6.45, 7) is 2.24. The summed E-state index contributed by atoms with van der Waals surface area (Å²) in [6, 6.07) is 2.71. The SMILES string of the molecule is CC(c1cc(F)ccc1F)N(C)C(=O)COCC1CC1. The molecule has 1 fully saturated rings. The summed E-state index contributed by atoms with van der Waals surface area (Å²) in [7, 11) is 1.57. The molecular formula is C15H19F2NO2. The van der Waals surface area contributed by atoms with E-state index in [2.05, 4.69) is 0 Å². The van der Waals surface area contributed by atoms with Crippen molar-refractivity contribution in [2.45, 2.75) is 25.8 Å². The number of ether oxygens (including phenoxy) is 1. The van der Waals surface area contributed by atoms with E-state index in [1.165, 1.54) is 4.90 Å². The van der Waals surface area contributed by atoms with Crippen molar-refractivity contribution in [1.82, 2.24) is 4.90 Å². The van der Waals surface area contributed by atoms with Crippen LogP contribution >= 0.6 is 0 Å². The summed E-state index contributed by atoms with van der Waals surface area (Å²) < 4.78 is 32.2. The van der Waals surface area contributed by atoms with Crippen LogP contribution < -0.4 is 0 Å². The Morgan fingerprint density at radius 1 is 1.45 bits per heavy atom. The third kappa shape index (κ3) is 3.76. The highest BCUT2D eigenvalue weighted by molar-refractivity contribution is 5.77. The standard InChI is InChI=1S/C15H19F2NO2/c1-10(13-7-12(16)5-6-14(13)17)18(2)15(19)9-20-8-11-3-4-11/h5-7,10-11H,3-4,8-9H2,1-2H3. The van der Waals surface area contributed by atoms with Gasteiger partial charge >= 0.3 is 0 Å². The van der Waals surface area contributed by atoms with Gasteiger partial charge in [-0.1, -0.05) is 0 Å². The normalized spacial score (nSPS) is 16.0. The van der Waals surface area contributed by atoms with Crippen LogP contribution in [0.15, 0.2) is 18.2 Å². The van der Waals surface area contributed by atoms with Crippen molar-refractivity contribution >= 4 is 5.91 Å². The first-order valence-electron chi connectivity index (χ1n) is 6.77. The van der Waals surface area contributed by atoms with Crippen molar-refractivity contribution in [3.8, 4) is 0 Å². The first kappa shape index (κ1) is 14.9. The molecule has 3 nitrogen and oxygen atoms in total. The Morgan fingerprint density at radius 3 is 2.80 bits per heavy atom. The third-order valence-corrected chi connectivity index (χ3v) is 3.66. The van der Waals surface area contributed by atoms with Crippen molar-refractivity contribution in [2.24, 2.45) is 5.92 Å². The molecule has 1 aliphatic rings. The molecule has 0 spiro atoms. The highest BCUT2D eigenvalue weighted by Gasteiger charge is 2.24. The maximum absolute atomic E-state index is 13.7. The van der Waals surface area contributed by atoms with E-state index in [9.17, 15) is 13.6 Å². The van der Waals surface area contributed by atoms with Crippen molar-refractivity contribution in [2.75, 3.05) is 20.3 Å². The molecule has 1 aromatic rings. The molecule has 0 aliphatic heterocycles. The summed E-state index contributed by atoms with van der Waals surface area (Å²) in [6.07, 6.45) is 2.32. The Hall–Kier alpha value is -1.49. The monoisotopic (exact) mass is 283 g/mol. The van der Waals surface area contributed by atoms with Gasteiger partial charge < -0.3 is 9.64 Å². The highest BCUT2D eigenvalue weighted by Crippen LogP contribution is 2.29. The van der Waals surface area contributed by atoms with E-state index >= 15 is 0 Å². The Kier molecular flexibility index (Phi) is 4.70. The number of hydrogen-bond donors (Lipinski definition) is 0. The van der Waals surface area contributed by atoms with Crippen molar-refractivity contribution in [1.29, 1.82) is 0 Å². The van der Waals surface area contributed by atoms with Crippen molar-refractivity contribution in [3.05, 3.63) is 35.4 Å². The molecule has 0 saturated heterocycles. The molecule has 20 heavy (non-hydrogen) atoms. The van der Waals surface area contributed by atoms with E-state index in [-0.39, 0.29) is 18.1 Å². The first-order chi connectivity index (χ1) is 9.49. The van der Waals surface area contributed by atoms with Gasteiger partial charge in [-0.25, -0.2) is 8.78 Å².